The minimum Gasteiger partial charge on any atom is -0.381 e. The number of nitrogens with zero attached hydrogens (tertiary/aromatic N) is 5. The minimum atomic E-state index is -0.516. The van der Waals surface area contributed by atoms with Gasteiger partial charge in [-0.1, -0.05) is 6.92 Å². The first-order chi connectivity index (χ1) is 16.0. The number of carbonyl (C=O) groups excluding carboxylic acids is 2. The molecule has 11 heteroatoms. The van der Waals surface area contributed by atoms with E-state index in [1.165, 1.54) is 16.6 Å². The third-order valence-electron chi connectivity index (χ3n) is 6.11. The van der Waals surface area contributed by atoms with Crippen LogP contribution < -0.4 is 10.9 Å². The molecule has 2 amide bonds. The van der Waals surface area contributed by atoms with E-state index >= 15 is 0 Å². The summed E-state index contributed by atoms with van der Waals surface area (Å²) in [7, 11) is 0. The Morgan fingerprint density at radius 2 is 2.06 bits per heavy atom. The fraction of sp³-hybridized carbons (Fsp3) is 0.409. The second kappa shape index (κ2) is 8.39. The summed E-state index contributed by atoms with van der Waals surface area (Å²) in [6, 6.07) is 4.24. The van der Waals surface area contributed by atoms with E-state index in [9.17, 15) is 18.8 Å². The Morgan fingerprint density at radius 3 is 2.76 bits per heavy atom. The number of rotatable bonds is 5. The fourth-order valence-corrected chi connectivity index (χ4v) is 4.43. The van der Waals surface area contributed by atoms with E-state index in [4.69, 9.17) is 4.74 Å². The second-order valence-electron chi connectivity index (χ2n) is 8.16. The predicted octanol–water partition coefficient (Wildman–Crippen LogP) is 1.37. The number of pyridine rings is 1. The Labute approximate surface area is 188 Å². The molecule has 1 fully saturated rings. The molecule has 0 saturated carbocycles. The predicted molar refractivity (Wildman–Crippen MR) is 115 cm³/mol. The van der Waals surface area contributed by atoms with Gasteiger partial charge in [-0.25, -0.2) is 9.37 Å². The number of hydrogen-bond acceptors (Lipinski definition) is 6. The molecule has 33 heavy (non-hydrogen) atoms. The van der Waals surface area contributed by atoms with Crippen LogP contribution in [0.15, 0.2) is 29.2 Å². The topological polar surface area (TPSA) is 111 Å². The Morgan fingerprint density at radius 1 is 1.27 bits per heavy atom. The Kier molecular flexibility index (Phi) is 5.41. The maximum Gasteiger partial charge on any atom is 0.280 e. The molecule has 5 heterocycles. The zero-order chi connectivity index (χ0) is 23.1. The van der Waals surface area contributed by atoms with Crippen LogP contribution in [0.2, 0.25) is 0 Å². The first-order valence-corrected chi connectivity index (χ1v) is 10.9. The van der Waals surface area contributed by atoms with Crippen LogP contribution in [0.4, 0.5) is 10.2 Å². The van der Waals surface area contributed by atoms with Gasteiger partial charge in [-0.05, 0) is 31.4 Å². The van der Waals surface area contributed by atoms with Crippen molar-refractivity contribution in [3.05, 3.63) is 57.5 Å². The quantitative estimate of drug-likeness (QED) is 0.623. The van der Waals surface area contributed by atoms with Crippen molar-refractivity contribution in [2.24, 2.45) is 0 Å². The SMILES string of the molecule is CCc1cc2n(CC(=O)Nc3ccc(F)cn3)c3c(c(=O)n2n1)CN(C1CCOCC1)C3=O. The molecule has 1 saturated heterocycles. The van der Waals surface area contributed by atoms with Gasteiger partial charge in [0.1, 0.15) is 29.5 Å². The average Bonchev–Trinajstić information content (AvgIpc) is 3.41. The summed E-state index contributed by atoms with van der Waals surface area (Å²) in [5.74, 6) is -1.06. The maximum atomic E-state index is 13.5. The van der Waals surface area contributed by atoms with Crippen LogP contribution >= 0.6 is 0 Å². The number of aryl methyl sites for hydroxylation is 1. The number of hydrogen-bond donors (Lipinski definition) is 1. The summed E-state index contributed by atoms with van der Waals surface area (Å²) in [5, 5.41) is 6.99. The normalized spacial score (nSPS) is 16.4. The molecule has 2 aliphatic heterocycles. The smallest absolute Gasteiger partial charge is 0.280 e. The maximum absolute atomic E-state index is 13.5. The number of halogens is 1. The molecule has 0 bridgehead atoms. The lowest BCUT2D eigenvalue weighted by atomic mass is 10.1. The molecule has 3 aromatic heterocycles. The van der Waals surface area contributed by atoms with E-state index in [0.29, 0.717) is 49.4 Å². The molecule has 3 aromatic rings. The summed E-state index contributed by atoms with van der Waals surface area (Å²) >= 11 is 0. The van der Waals surface area contributed by atoms with E-state index in [-0.39, 0.29) is 42.1 Å². The van der Waals surface area contributed by atoms with Crippen LogP contribution in [0.5, 0.6) is 0 Å². The number of anilines is 1. The summed E-state index contributed by atoms with van der Waals surface area (Å²) < 4.78 is 21.4. The van der Waals surface area contributed by atoms with Crippen molar-refractivity contribution >= 4 is 23.3 Å². The van der Waals surface area contributed by atoms with Gasteiger partial charge in [-0.2, -0.15) is 9.61 Å². The summed E-state index contributed by atoms with van der Waals surface area (Å²) in [4.78, 5) is 45.1. The van der Waals surface area contributed by atoms with Crippen molar-refractivity contribution in [1.29, 1.82) is 0 Å². The summed E-state index contributed by atoms with van der Waals surface area (Å²) in [6.45, 7) is 2.98. The largest absolute Gasteiger partial charge is 0.381 e. The Balaban J connectivity index is 1.55. The summed E-state index contributed by atoms with van der Waals surface area (Å²) in [5.41, 5.74) is 1.25. The van der Waals surface area contributed by atoms with E-state index in [0.717, 1.165) is 6.20 Å². The summed E-state index contributed by atoms with van der Waals surface area (Å²) in [6.07, 6.45) is 2.99. The number of fused-ring (bicyclic) bond motifs is 2. The molecule has 172 valence electrons. The number of amides is 2. The highest BCUT2D eigenvalue weighted by molar-refractivity contribution is 5.98. The van der Waals surface area contributed by atoms with Crippen LogP contribution in [0.1, 0.15) is 41.5 Å². The molecule has 0 radical (unpaired) electrons. The van der Waals surface area contributed by atoms with Crippen LogP contribution in [0.3, 0.4) is 0 Å². The molecule has 1 N–H and O–H groups in total. The van der Waals surface area contributed by atoms with Gasteiger partial charge >= 0.3 is 0 Å². The van der Waals surface area contributed by atoms with Crippen molar-refractivity contribution in [3.63, 3.8) is 0 Å². The highest BCUT2D eigenvalue weighted by Gasteiger charge is 2.39. The van der Waals surface area contributed by atoms with Gasteiger partial charge in [-0.3, -0.25) is 14.4 Å². The first-order valence-electron chi connectivity index (χ1n) is 10.9. The zero-order valence-electron chi connectivity index (χ0n) is 18.1. The number of ether oxygens (including phenoxy) is 1. The zero-order valence-corrected chi connectivity index (χ0v) is 18.1. The average molecular weight is 454 g/mol. The van der Waals surface area contributed by atoms with Crippen molar-refractivity contribution in [2.45, 2.75) is 45.3 Å². The van der Waals surface area contributed by atoms with Gasteiger partial charge in [0.15, 0.2) is 0 Å². The molecule has 0 aliphatic carbocycles. The Hall–Kier alpha value is -3.60. The molecule has 10 nitrogen and oxygen atoms in total. The van der Waals surface area contributed by atoms with E-state index in [2.05, 4.69) is 15.4 Å². The third kappa shape index (κ3) is 3.78. The highest BCUT2D eigenvalue weighted by atomic mass is 19.1. The monoisotopic (exact) mass is 454 g/mol. The van der Waals surface area contributed by atoms with Gasteiger partial charge in [0, 0.05) is 25.3 Å². The molecule has 0 atom stereocenters. The van der Waals surface area contributed by atoms with E-state index in [1.807, 2.05) is 6.92 Å². The number of nitrogens with one attached hydrogen (secondary N) is 1. The molecular weight excluding hydrogens is 431 g/mol. The lowest BCUT2D eigenvalue weighted by molar-refractivity contribution is -0.116. The second-order valence-corrected chi connectivity index (χ2v) is 8.16. The molecule has 5 rings (SSSR count). The molecule has 0 spiro atoms. The van der Waals surface area contributed by atoms with E-state index < -0.39 is 11.7 Å². The lowest BCUT2D eigenvalue weighted by Crippen LogP contribution is -2.40. The van der Waals surface area contributed by atoms with Gasteiger partial charge < -0.3 is 19.5 Å². The fourth-order valence-electron chi connectivity index (χ4n) is 4.43. The van der Waals surface area contributed by atoms with Crippen molar-refractivity contribution in [2.75, 3.05) is 18.5 Å². The highest BCUT2D eigenvalue weighted by Crippen LogP contribution is 2.28. The number of aromatic nitrogens is 4. The number of carbonyl (C=O) groups is 2. The lowest BCUT2D eigenvalue weighted by Gasteiger charge is -2.30. The van der Waals surface area contributed by atoms with Crippen LogP contribution in [0, 0.1) is 5.82 Å². The minimum absolute atomic E-state index is 0.0257. The van der Waals surface area contributed by atoms with Crippen molar-refractivity contribution < 1.29 is 18.7 Å². The van der Waals surface area contributed by atoms with Gasteiger partial charge in [-0.15, -0.1) is 0 Å². The molecule has 0 unspecified atom stereocenters. The Bertz CT molecular complexity index is 1290. The van der Waals surface area contributed by atoms with Crippen LogP contribution in [0.25, 0.3) is 5.65 Å². The third-order valence-corrected chi connectivity index (χ3v) is 6.11. The van der Waals surface area contributed by atoms with Gasteiger partial charge in [0.2, 0.25) is 5.91 Å². The van der Waals surface area contributed by atoms with Crippen molar-refractivity contribution in [3.8, 4) is 0 Å². The van der Waals surface area contributed by atoms with Crippen LogP contribution in [-0.2, 0) is 29.0 Å². The molecule has 2 aliphatic rings. The van der Waals surface area contributed by atoms with Crippen LogP contribution in [-0.4, -0.2) is 55.1 Å². The molecule has 0 aromatic carbocycles. The molecular formula is C22H23FN6O4. The van der Waals surface area contributed by atoms with Gasteiger partial charge in [0.25, 0.3) is 11.5 Å². The van der Waals surface area contributed by atoms with E-state index in [1.54, 1.807) is 15.5 Å². The van der Waals surface area contributed by atoms with Crippen molar-refractivity contribution in [1.82, 2.24) is 24.1 Å². The first kappa shape index (κ1) is 21.3. The standard InChI is InChI=1S/C22H23FN6O4/c1-2-14-9-19-28(12-18(30)25-17-4-3-13(23)10-24-17)20-16(21(31)29(19)26-14)11-27(22(20)32)15-5-7-33-8-6-15/h3-4,9-10,15H,2,5-8,11-12H2,1H3,(H,24,25,30). The van der Waals surface area contributed by atoms with Gasteiger partial charge in [0.05, 0.1) is 24.0 Å².